The maximum Gasteiger partial charge on any atom is 0.341 e. The Labute approximate surface area is 131 Å². The SMILES string of the molecule is COC(=O)c1cc(Br)c(C)c(Cl)c1OC[C@H]1CCCN1. The largest absolute Gasteiger partial charge is 0.489 e. The summed E-state index contributed by atoms with van der Waals surface area (Å²) in [5.74, 6) is -0.0603. The zero-order valence-corrected chi connectivity index (χ0v) is 13.8. The van der Waals surface area contributed by atoms with E-state index < -0.39 is 5.97 Å². The van der Waals surface area contributed by atoms with Crippen LogP contribution < -0.4 is 10.1 Å². The monoisotopic (exact) mass is 361 g/mol. The summed E-state index contributed by atoms with van der Waals surface area (Å²) in [6.07, 6.45) is 2.21. The van der Waals surface area contributed by atoms with Crippen LogP contribution in [0, 0.1) is 6.92 Å². The molecule has 1 aromatic rings. The molecule has 110 valence electrons. The number of halogens is 2. The maximum atomic E-state index is 11.8. The number of nitrogens with one attached hydrogen (secondary N) is 1. The fourth-order valence-electron chi connectivity index (χ4n) is 2.18. The molecule has 4 nitrogen and oxygen atoms in total. The van der Waals surface area contributed by atoms with Gasteiger partial charge in [-0.15, -0.1) is 0 Å². The predicted octanol–water partition coefficient (Wildman–Crippen LogP) is 3.33. The molecule has 1 N–H and O–H groups in total. The van der Waals surface area contributed by atoms with Crippen molar-refractivity contribution in [2.24, 2.45) is 0 Å². The highest BCUT2D eigenvalue weighted by molar-refractivity contribution is 9.10. The zero-order chi connectivity index (χ0) is 14.7. The fourth-order valence-corrected chi connectivity index (χ4v) is 2.98. The Kier molecular flexibility index (Phi) is 5.29. The molecule has 0 radical (unpaired) electrons. The van der Waals surface area contributed by atoms with E-state index in [0.29, 0.717) is 29.0 Å². The van der Waals surface area contributed by atoms with Gasteiger partial charge in [-0.2, -0.15) is 0 Å². The smallest absolute Gasteiger partial charge is 0.341 e. The van der Waals surface area contributed by atoms with Gasteiger partial charge in [-0.1, -0.05) is 27.5 Å². The Morgan fingerprint density at radius 1 is 1.60 bits per heavy atom. The van der Waals surface area contributed by atoms with Crippen molar-refractivity contribution < 1.29 is 14.3 Å². The second-order valence-corrected chi connectivity index (χ2v) is 6.00. The average molecular weight is 363 g/mol. The second kappa shape index (κ2) is 6.78. The lowest BCUT2D eigenvalue weighted by Crippen LogP contribution is -2.28. The Morgan fingerprint density at radius 2 is 2.35 bits per heavy atom. The highest BCUT2D eigenvalue weighted by atomic mass is 79.9. The minimum atomic E-state index is -0.456. The Bertz CT molecular complexity index is 516. The van der Waals surface area contributed by atoms with Gasteiger partial charge in [-0.05, 0) is 37.9 Å². The maximum absolute atomic E-state index is 11.8. The van der Waals surface area contributed by atoms with Crippen LogP contribution in [0.15, 0.2) is 10.5 Å². The lowest BCUT2D eigenvalue weighted by atomic mass is 10.1. The van der Waals surface area contributed by atoms with Gasteiger partial charge in [0.25, 0.3) is 0 Å². The molecule has 0 aliphatic carbocycles. The summed E-state index contributed by atoms with van der Waals surface area (Å²) in [5.41, 5.74) is 1.18. The number of hydrogen-bond acceptors (Lipinski definition) is 4. The molecule has 0 unspecified atom stereocenters. The number of hydrogen-bond donors (Lipinski definition) is 1. The van der Waals surface area contributed by atoms with E-state index in [1.165, 1.54) is 7.11 Å². The molecule has 1 aliphatic heterocycles. The van der Waals surface area contributed by atoms with Crippen LogP contribution in [0.1, 0.15) is 28.8 Å². The van der Waals surface area contributed by atoms with Crippen LogP contribution in [-0.4, -0.2) is 32.3 Å². The normalized spacial score (nSPS) is 18.1. The lowest BCUT2D eigenvalue weighted by Gasteiger charge is -2.17. The average Bonchev–Trinajstić information content (AvgIpc) is 2.96. The lowest BCUT2D eigenvalue weighted by molar-refractivity contribution is 0.0595. The van der Waals surface area contributed by atoms with Crippen molar-refractivity contribution >= 4 is 33.5 Å². The van der Waals surface area contributed by atoms with Crippen LogP contribution >= 0.6 is 27.5 Å². The molecule has 1 heterocycles. The van der Waals surface area contributed by atoms with Crippen molar-refractivity contribution in [2.75, 3.05) is 20.3 Å². The first-order valence-electron chi connectivity index (χ1n) is 6.47. The number of ether oxygens (including phenoxy) is 2. The molecule has 2 rings (SSSR count). The molecule has 1 aliphatic rings. The first-order valence-corrected chi connectivity index (χ1v) is 7.64. The topological polar surface area (TPSA) is 47.6 Å². The molecular formula is C14H17BrClNO3. The fraction of sp³-hybridized carbons (Fsp3) is 0.500. The number of methoxy groups -OCH3 is 1. The summed E-state index contributed by atoms with van der Waals surface area (Å²) in [4.78, 5) is 11.8. The van der Waals surface area contributed by atoms with E-state index in [-0.39, 0.29) is 0 Å². The molecule has 0 aromatic heterocycles. The van der Waals surface area contributed by atoms with Gasteiger partial charge in [0, 0.05) is 10.5 Å². The number of rotatable bonds is 4. The summed E-state index contributed by atoms with van der Waals surface area (Å²) in [6.45, 7) is 3.37. The Balaban J connectivity index is 2.28. The van der Waals surface area contributed by atoms with Crippen molar-refractivity contribution in [3.8, 4) is 5.75 Å². The van der Waals surface area contributed by atoms with Crippen LogP contribution in [0.25, 0.3) is 0 Å². The first-order chi connectivity index (χ1) is 9.54. The summed E-state index contributed by atoms with van der Waals surface area (Å²) in [5, 5.41) is 3.78. The van der Waals surface area contributed by atoms with E-state index in [2.05, 4.69) is 21.2 Å². The van der Waals surface area contributed by atoms with Crippen molar-refractivity contribution in [3.05, 3.63) is 26.7 Å². The minimum Gasteiger partial charge on any atom is -0.489 e. The van der Waals surface area contributed by atoms with Gasteiger partial charge in [0.1, 0.15) is 12.2 Å². The van der Waals surface area contributed by atoms with Gasteiger partial charge in [0.15, 0.2) is 5.75 Å². The molecule has 1 saturated heterocycles. The van der Waals surface area contributed by atoms with Crippen LogP contribution in [0.4, 0.5) is 0 Å². The van der Waals surface area contributed by atoms with E-state index in [1.807, 2.05) is 6.92 Å². The van der Waals surface area contributed by atoms with E-state index in [9.17, 15) is 4.79 Å². The summed E-state index contributed by atoms with van der Waals surface area (Å²) >= 11 is 9.69. The molecule has 20 heavy (non-hydrogen) atoms. The van der Waals surface area contributed by atoms with E-state index in [1.54, 1.807) is 6.07 Å². The summed E-state index contributed by atoms with van der Waals surface area (Å²) < 4.78 is 11.3. The minimum absolute atomic E-state index is 0.306. The van der Waals surface area contributed by atoms with Crippen LogP contribution in [0.3, 0.4) is 0 Å². The van der Waals surface area contributed by atoms with Gasteiger partial charge in [0.2, 0.25) is 0 Å². The number of esters is 1. The van der Waals surface area contributed by atoms with Gasteiger partial charge in [0.05, 0.1) is 12.1 Å². The molecular weight excluding hydrogens is 346 g/mol. The molecule has 1 aromatic carbocycles. The third kappa shape index (κ3) is 3.27. The molecule has 1 fully saturated rings. The van der Waals surface area contributed by atoms with Gasteiger partial charge in [-0.25, -0.2) is 4.79 Å². The number of benzene rings is 1. The highest BCUT2D eigenvalue weighted by Crippen LogP contribution is 2.37. The quantitative estimate of drug-likeness (QED) is 0.835. The third-order valence-corrected chi connectivity index (χ3v) is 4.68. The zero-order valence-electron chi connectivity index (χ0n) is 11.5. The van der Waals surface area contributed by atoms with E-state index in [0.717, 1.165) is 29.4 Å². The summed E-state index contributed by atoms with van der Waals surface area (Å²) in [6, 6.07) is 1.99. The van der Waals surface area contributed by atoms with E-state index in [4.69, 9.17) is 21.1 Å². The van der Waals surface area contributed by atoms with Gasteiger partial charge >= 0.3 is 5.97 Å². The molecule has 1 atom stereocenters. The predicted molar refractivity (Wildman–Crippen MR) is 81.7 cm³/mol. The molecule has 6 heteroatoms. The standard InChI is InChI=1S/C14H17BrClNO3/c1-8-11(15)6-10(14(18)19-2)13(12(8)16)20-7-9-4-3-5-17-9/h6,9,17H,3-5,7H2,1-2H3/t9-/m1/s1. The first kappa shape index (κ1) is 15.6. The summed E-state index contributed by atoms with van der Waals surface area (Å²) in [7, 11) is 1.34. The third-order valence-electron chi connectivity index (χ3n) is 3.40. The second-order valence-electron chi connectivity index (χ2n) is 4.77. The van der Waals surface area contributed by atoms with Crippen molar-refractivity contribution in [1.82, 2.24) is 5.32 Å². The highest BCUT2D eigenvalue weighted by Gasteiger charge is 2.22. The molecule has 0 bridgehead atoms. The van der Waals surface area contributed by atoms with Crippen molar-refractivity contribution in [2.45, 2.75) is 25.8 Å². The van der Waals surface area contributed by atoms with Crippen LogP contribution in [0.5, 0.6) is 5.75 Å². The molecule has 0 saturated carbocycles. The molecule has 0 amide bonds. The van der Waals surface area contributed by atoms with Crippen LogP contribution in [-0.2, 0) is 4.74 Å². The molecule has 0 spiro atoms. The van der Waals surface area contributed by atoms with E-state index >= 15 is 0 Å². The Morgan fingerprint density at radius 3 is 2.95 bits per heavy atom. The number of carbonyl (C=O) groups is 1. The van der Waals surface area contributed by atoms with Crippen LogP contribution in [0.2, 0.25) is 5.02 Å². The van der Waals surface area contributed by atoms with Crippen molar-refractivity contribution in [1.29, 1.82) is 0 Å². The number of carbonyl (C=O) groups excluding carboxylic acids is 1. The Hall–Kier alpha value is -0.780. The van der Waals surface area contributed by atoms with Crippen molar-refractivity contribution in [3.63, 3.8) is 0 Å². The van der Waals surface area contributed by atoms with Gasteiger partial charge in [-0.3, -0.25) is 0 Å². The van der Waals surface area contributed by atoms with Gasteiger partial charge < -0.3 is 14.8 Å².